The van der Waals surface area contributed by atoms with Crippen LogP contribution in [-0.4, -0.2) is 0 Å². The van der Waals surface area contributed by atoms with Crippen LogP contribution in [0.25, 0.3) is 0 Å². The van der Waals surface area contributed by atoms with Crippen LogP contribution < -0.4 is 31.8 Å². The van der Waals surface area contributed by atoms with Gasteiger partial charge < -0.3 is 0 Å². The average molecular weight is 656 g/mol. The fraction of sp³-hybridized carbons (Fsp3) is 0. The quantitative estimate of drug-likeness (QED) is 0.127. The maximum absolute atomic E-state index is 2.23. The van der Waals surface area contributed by atoms with Crippen molar-refractivity contribution in [3.8, 4) is 0 Å². The van der Waals surface area contributed by atoms with Crippen molar-refractivity contribution < 1.29 is 16.5 Å². The van der Waals surface area contributed by atoms with E-state index >= 15 is 0 Å². The van der Waals surface area contributed by atoms with Gasteiger partial charge >= 0.3 is 0 Å². The summed E-state index contributed by atoms with van der Waals surface area (Å²) in [4.78, 5) is 0. The molecule has 0 amide bonds. The Hall–Kier alpha value is -2.75. The van der Waals surface area contributed by atoms with E-state index in [0.29, 0.717) is 0 Å². The Morgan fingerprint density at radius 1 is 0.220 bits per heavy atom. The number of hydrogen-bond donors (Lipinski definition) is 0. The second-order valence-corrected chi connectivity index (χ2v) is 13.1. The molecule has 6 rings (SSSR count). The van der Waals surface area contributed by atoms with Gasteiger partial charge in [-0.05, 0) is 47.7 Å². The largest absolute Gasteiger partial charge is 0.147 e. The third kappa shape index (κ3) is 9.65. The third-order valence-electron chi connectivity index (χ3n) is 6.09. The van der Waals surface area contributed by atoms with Crippen LogP contribution in [0.1, 0.15) is 0 Å². The molecule has 0 nitrogen and oxygen atoms in total. The fourth-order valence-electron chi connectivity index (χ4n) is 4.36. The maximum atomic E-state index is 2.23. The minimum absolute atomic E-state index is 0. The Morgan fingerprint density at radius 3 is 0.463 bits per heavy atom. The van der Waals surface area contributed by atoms with Crippen LogP contribution >= 0.6 is 40.7 Å². The number of rotatable bonds is 6. The van der Waals surface area contributed by atoms with Crippen LogP contribution in [-0.2, 0) is 16.5 Å². The molecule has 0 heterocycles. The van der Waals surface area contributed by atoms with Gasteiger partial charge in [-0.1, -0.05) is 182 Å². The first kappa shape index (κ1) is 34.5. The van der Waals surface area contributed by atoms with Gasteiger partial charge in [0.2, 0.25) is 0 Å². The molecule has 41 heavy (non-hydrogen) atoms. The van der Waals surface area contributed by atoms with Crippen molar-refractivity contribution in [3.63, 3.8) is 0 Å². The van der Waals surface area contributed by atoms with Gasteiger partial charge in [0.1, 0.15) is 0 Å². The minimum atomic E-state index is -0.446. The van der Waals surface area contributed by atoms with Gasteiger partial charge in [-0.2, -0.15) is 0 Å². The third-order valence-corrected chi connectivity index (χ3v) is 11.0. The predicted molar refractivity (Wildman–Crippen MR) is 185 cm³/mol. The first-order valence-corrected chi connectivity index (χ1v) is 15.5. The van der Waals surface area contributed by atoms with E-state index in [-0.39, 0.29) is 41.3 Å². The Labute approximate surface area is 269 Å². The normalized spacial score (nSPS) is 9.80. The molecule has 0 fully saturated rings. The first-order chi connectivity index (χ1) is 18.9. The Bertz CT molecular complexity index is 1180. The maximum Gasteiger partial charge on any atom is 0 e. The molecule has 6 aromatic carbocycles. The van der Waals surface area contributed by atoms with E-state index in [0.717, 1.165) is 0 Å². The van der Waals surface area contributed by atoms with E-state index in [4.69, 9.17) is 0 Å². The second-order valence-electron chi connectivity index (χ2n) is 8.68. The van der Waals surface area contributed by atoms with Gasteiger partial charge in [0.25, 0.3) is 0 Å². The summed E-state index contributed by atoms with van der Waals surface area (Å²) in [5.74, 6) is 0. The standard InChI is InChI=1S/2C18H15P.2ClH.Ni/c2*1-4-10-16(11-5-1)19(17-12-6-2-7-13-17)18-14-8-3-9-15-18;;;/h2*1-15H;2*1H;. The molecule has 0 unspecified atom stereocenters. The van der Waals surface area contributed by atoms with Crippen molar-refractivity contribution in [3.05, 3.63) is 182 Å². The van der Waals surface area contributed by atoms with E-state index in [2.05, 4.69) is 182 Å². The topological polar surface area (TPSA) is 0 Å². The van der Waals surface area contributed by atoms with Gasteiger partial charge in [0.15, 0.2) is 0 Å². The van der Waals surface area contributed by atoms with E-state index < -0.39 is 15.8 Å². The molecule has 0 aliphatic carbocycles. The summed E-state index contributed by atoms with van der Waals surface area (Å²) < 4.78 is 0. The number of halogens is 2. The molecule has 210 valence electrons. The molecule has 0 N–H and O–H groups in total. The average Bonchev–Trinajstić information content (AvgIpc) is 3.01. The predicted octanol–water partition coefficient (Wildman–Crippen LogP) is 7.73. The van der Waals surface area contributed by atoms with Gasteiger partial charge in [0.05, 0.1) is 0 Å². The zero-order valence-electron chi connectivity index (χ0n) is 22.3. The summed E-state index contributed by atoms with van der Waals surface area (Å²) in [7, 11) is -0.892. The summed E-state index contributed by atoms with van der Waals surface area (Å²) in [6.45, 7) is 0. The smallest absolute Gasteiger partial charge is 0 e. The molecular weight excluding hydrogens is 624 g/mol. The number of hydrogen-bond acceptors (Lipinski definition) is 0. The molecule has 0 aromatic heterocycles. The number of benzene rings is 6. The zero-order chi connectivity index (χ0) is 25.8. The molecule has 0 saturated heterocycles. The van der Waals surface area contributed by atoms with Crippen LogP contribution in [0.4, 0.5) is 0 Å². The molecule has 0 radical (unpaired) electrons. The van der Waals surface area contributed by atoms with Gasteiger partial charge in [-0.3, -0.25) is 0 Å². The fourth-order valence-corrected chi connectivity index (χ4v) is 8.97. The minimum Gasteiger partial charge on any atom is -0.147 e. The summed E-state index contributed by atoms with van der Waals surface area (Å²) in [5, 5.41) is 8.39. The molecule has 0 saturated carbocycles. The Kier molecular flexibility index (Phi) is 15.7. The molecule has 0 aliphatic heterocycles. The molecule has 6 aromatic rings. The molecule has 5 heteroatoms. The summed E-state index contributed by atoms with van der Waals surface area (Å²) in [5.41, 5.74) is 0. The SMILES string of the molecule is Cl.Cl.[Ni].c1ccc(P(c2ccccc2)c2ccccc2)cc1.c1ccc(P(c2ccccc2)c2ccccc2)cc1. The Morgan fingerprint density at radius 2 is 0.341 bits per heavy atom. The van der Waals surface area contributed by atoms with Crippen LogP contribution in [0.15, 0.2) is 182 Å². The van der Waals surface area contributed by atoms with Gasteiger partial charge in [0, 0.05) is 16.5 Å². The van der Waals surface area contributed by atoms with E-state index in [1.807, 2.05) is 0 Å². The molecule has 0 aliphatic rings. The molecule has 0 spiro atoms. The summed E-state index contributed by atoms with van der Waals surface area (Å²) in [6, 6.07) is 64.7. The van der Waals surface area contributed by atoms with Crippen molar-refractivity contribution in [1.82, 2.24) is 0 Å². The van der Waals surface area contributed by atoms with Crippen LogP contribution in [0, 0.1) is 0 Å². The molecule has 0 bridgehead atoms. The van der Waals surface area contributed by atoms with Crippen LogP contribution in [0.2, 0.25) is 0 Å². The second kappa shape index (κ2) is 18.6. The summed E-state index contributed by atoms with van der Waals surface area (Å²) in [6.07, 6.45) is 0. The zero-order valence-corrected chi connectivity index (χ0v) is 26.8. The Balaban J connectivity index is 0.000000267. The van der Waals surface area contributed by atoms with E-state index in [9.17, 15) is 0 Å². The monoisotopic (exact) mass is 654 g/mol. The van der Waals surface area contributed by atoms with Crippen molar-refractivity contribution in [1.29, 1.82) is 0 Å². The van der Waals surface area contributed by atoms with Gasteiger partial charge in [-0.15, -0.1) is 24.8 Å². The summed E-state index contributed by atoms with van der Waals surface area (Å²) >= 11 is 0. The van der Waals surface area contributed by atoms with E-state index in [1.54, 1.807) is 0 Å². The van der Waals surface area contributed by atoms with Gasteiger partial charge in [-0.25, -0.2) is 0 Å². The molecular formula is C36H32Cl2NiP2. The van der Waals surface area contributed by atoms with Crippen molar-refractivity contribution in [2.45, 2.75) is 0 Å². The van der Waals surface area contributed by atoms with E-state index in [1.165, 1.54) is 31.8 Å². The van der Waals surface area contributed by atoms with Crippen molar-refractivity contribution in [2.24, 2.45) is 0 Å². The molecule has 0 atom stereocenters. The van der Waals surface area contributed by atoms with Crippen LogP contribution in [0.5, 0.6) is 0 Å². The van der Waals surface area contributed by atoms with Crippen molar-refractivity contribution >= 4 is 72.5 Å². The first-order valence-electron chi connectivity index (χ1n) is 12.8. The van der Waals surface area contributed by atoms with Crippen LogP contribution in [0.3, 0.4) is 0 Å². The van der Waals surface area contributed by atoms with Crippen molar-refractivity contribution in [2.75, 3.05) is 0 Å².